The van der Waals surface area contributed by atoms with Gasteiger partial charge in [-0.3, -0.25) is 4.79 Å². The average molecular weight is 501 g/mol. The summed E-state index contributed by atoms with van der Waals surface area (Å²) in [5.74, 6) is 1.53. The van der Waals surface area contributed by atoms with E-state index in [-0.39, 0.29) is 5.78 Å². The van der Waals surface area contributed by atoms with E-state index < -0.39 is 0 Å². The number of para-hydroxylation sites is 1. The first-order valence-corrected chi connectivity index (χ1v) is 11.8. The Hall–Kier alpha value is -3.08. The van der Waals surface area contributed by atoms with Crippen molar-refractivity contribution in [2.45, 2.75) is 11.8 Å². The largest absolute Gasteiger partial charge is 0.457 e. The second kappa shape index (κ2) is 10.5. The maximum Gasteiger partial charge on any atom is 0.199 e. The van der Waals surface area contributed by atoms with Crippen LogP contribution in [0.25, 0.3) is 6.08 Å². The lowest BCUT2D eigenvalue weighted by molar-refractivity contribution is 0.104. The predicted octanol–water partition coefficient (Wildman–Crippen LogP) is 8.57. The van der Waals surface area contributed by atoms with Gasteiger partial charge in [0.2, 0.25) is 0 Å². The van der Waals surface area contributed by atoms with E-state index in [2.05, 4.69) is 35.0 Å². The number of hydrogen-bond donors (Lipinski definition) is 0. The van der Waals surface area contributed by atoms with Crippen molar-refractivity contribution in [2.75, 3.05) is 0 Å². The lowest BCUT2D eigenvalue weighted by Crippen LogP contribution is -2.01. The number of aryl methyl sites for hydroxylation is 1. The Morgan fingerprint density at radius 2 is 1.41 bits per heavy atom. The third-order valence-corrected chi connectivity index (χ3v) is 6.30. The van der Waals surface area contributed by atoms with Gasteiger partial charge in [-0.15, -0.1) is 0 Å². The summed E-state index contributed by atoms with van der Waals surface area (Å²) in [6.45, 7) is 2.05. The minimum Gasteiger partial charge on any atom is -0.457 e. The number of thioether (sulfide) groups is 1. The molecule has 0 saturated carbocycles. The zero-order valence-corrected chi connectivity index (χ0v) is 19.9. The second-order valence-corrected chi connectivity index (χ2v) is 9.27. The Morgan fingerprint density at radius 1 is 0.781 bits per heavy atom. The van der Waals surface area contributed by atoms with Crippen LogP contribution in [0.2, 0.25) is 0 Å². The first-order chi connectivity index (χ1) is 15.6. The number of halogens is 1. The summed E-state index contributed by atoms with van der Waals surface area (Å²) in [4.78, 5) is 15.0. The molecule has 4 rings (SSSR count). The number of rotatable bonds is 7. The lowest BCUT2D eigenvalue weighted by Gasteiger charge is -2.09. The third kappa shape index (κ3) is 6.00. The zero-order valence-electron chi connectivity index (χ0n) is 17.5. The molecule has 0 heterocycles. The van der Waals surface area contributed by atoms with Gasteiger partial charge in [-0.25, -0.2) is 0 Å². The van der Waals surface area contributed by atoms with Crippen LogP contribution in [0.3, 0.4) is 0 Å². The van der Waals surface area contributed by atoms with Crippen molar-refractivity contribution in [3.05, 3.63) is 129 Å². The minimum absolute atomic E-state index is 0.00677. The molecule has 0 amide bonds. The monoisotopic (exact) mass is 500 g/mol. The van der Waals surface area contributed by atoms with Crippen molar-refractivity contribution < 1.29 is 9.53 Å². The quantitative estimate of drug-likeness (QED) is 0.144. The van der Waals surface area contributed by atoms with E-state index in [0.29, 0.717) is 10.5 Å². The Labute approximate surface area is 201 Å². The summed E-state index contributed by atoms with van der Waals surface area (Å²) in [7, 11) is 0. The van der Waals surface area contributed by atoms with Crippen LogP contribution >= 0.6 is 27.7 Å². The van der Waals surface area contributed by atoms with E-state index in [4.69, 9.17) is 4.74 Å². The molecule has 158 valence electrons. The topological polar surface area (TPSA) is 26.3 Å². The summed E-state index contributed by atoms with van der Waals surface area (Å²) >= 11 is 4.91. The molecule has 0 saturated heterocycles. The average Bonchev–Trinajstić information content (AvgIpc) is 2.82. The van der Waals surface area contributed by atoms with Gasteiger partial charge < -0.3 is 4.74 Å². The standard InChI is InChI=1S/C28H21BrO2S/c1-20-7-17-26(18-8-20)32-27(28(30)22-11-13-23(29)14-12-22)19-21-9-15-25(16-10-21)31-24-5-3-2-4-6-24/h2-19H,1H3/b27-19+. The van der Waals surface area contributed by atoms with Crippen LogP contribution in [-0.4, -0.2) is 5.78 Å². The molecular formula is C28H21BrO2S. The highest BCUT2D eigenvalue weighted by Crippen LogP contribution is 2.32. The molecule has 4 aromatic carbocycles. The van der Waals surface area contributed by atoms with Gasteiger partial charge in [0.05, 0.1) is 4.91 Å². The zero-order chi connectivity index (χ0) is 22.3. The van der Waals surface area contributed by atoms with Gasteiger partial charge in [0.15, 0.2) is 5.78 Å². The number of ether oxygens (including phenoxy) is 1. The highest BCUT2D eigenvalue weighted by Gasteiger charge is 2.14. The van der Waals surface area contributed by atoms with Gasteiger partial charge in [0.25, 0.3) is 0 Å². The molecule has 0 N–H and O–H groups in total. The number of carbonyl (C=O) groups excluding carboxylic acids is 1. The summed E-state index contributed by atoms with van der Waals surface area (Å²) in [5, 5.41) is 0. The summed E-state index contributed by atoms with van der Waals surface area (Å²) in [6.07, 6.45) is 1.93. The molecule has 0 aliphatic carbocycles. The SMILES string of the molecule is Cc1ccc(S/C(=C/c2ccc(Oc3ccccc3)cc2)C(=O)c2ccc(Br)cc2)cc1. The number of carbonyl (C=O) groups is 1. The van der Waals surface area contributed by atoms with E-state index in [1.54, 1.807) is 0 Å². The van der Waals surface area contributed by atoms with Crippen LogP contribution in [-0.2, 0) is 0 Å². The summed E-state index contributed by atoms with van der Waals surface area (Å²) in [6, 6.07) is 33.1. The first kappa shape index (κ1) is 22.1. The summed E-state index contributed by atoms with van der Waals surface area (Å²) in [5.41, 5.74) is 2.78. The van der Waals surface area contributed by atoms with Gasteiger partial charge in [-0.05, 0) is 79.2 Å². The molecule has 0 bridgehead atoms. The van der Waals surface area contributed by atoms with Crippen LogP contribution in [0.4, 0.5) is 0 Å². The number of Topliss-reactive ketones (excluding diaryl/α,β-unsaturated/α-hetero) is 1. The van der Waals surface area contributed by atoms with E-state index in [0.717, 1.165) is 26.4 Å². The van der Waals surface area contributed by atoms with Crippen molar-refractivity contribution in [1.29, 1.82) is 0 Å². The Balaban J connectivity index is 1.61. The molecule has 0 unspecified atom stereocenters. The van der Waals surface area contributed by atoms with E-state index in [9.17, 15) is 4.79 Å². The summed E-state index contributed by atoms with van der Waals surface area (Å²) < 4.78 is 6.82. The molecule has 0 spiro atoms. The van der Waals surface area contributed by atoms with Gasteiger partial charge in [-0.1, -0.05) is 75.7 Å². The Kier molecular flexibility index (Phi) is 7.25. The molecule has 4 aromatic rings. The van der Waals surface area contributed by atoms with Crippen LogP contribution in [0.1, 0.15) is 21.5 Å². The van der Waals surface area contributed by atoms with Crippen LogP contribution in [0.5, 0.6) is 11.5 Å². The van der Waals surface area contributed by atoms with E-state index in [1.807, 2.05) is 97.1 Å². The third-order valence-electron chi connectivity index (χ3n) is 4.74. The highest BCUT2D eigenvalue weighted by molar-refractivity contribution is 9.10. The molecular weight excluding hydrogens is 480 g/mol. The van der Waals surface area contributed by atoms with E-state index >= 15 is 0 Å². The van der Waals surface area contributed by atoms with Crippen molar-refractivity contribution in [3.63, 3.8) is 0 Å². The first-order valence-electron chi connectivity index (χ1n) is 10.2. The normalized spacial score (nSPS) is 11.2. The smallest absolute Gasteiger partial charge is 0.199 e. The van der Waals surface area contributed by atoms with Crippen molar-refractivity contribution in [1.82, 2.24) is 0 Å². The maximum absolute atomic E-state index is 13.3. The van der Waals surface area contributed by atoms with Gasteiger partial charge in [-0.2, -0.15) is 0 Å². The van der Waals surface area contributed by atoms with Crippen molar-refractivity contribution >= 4 is 39.6 Å². The van der Waals surface area contributed by atoms with E-state index in [1.165, 1.54) is 17.3 Å². The molecule has 0 atom stereocenters. The van der Waals surface area contributed by atoms with Gasteiger partial charge >= 0.3 is 0 Å². The fourth-order valence-electron chi connectivity index (χ4n) is 3.03. The maximum atomic E-state index is 13.3. The van der Waals surface area contributed by atoms with Crippen LogP contribution < -0.4 is 4.74 Å². The number of ketones is 1. The Morgan fingerprint density at radius 3 is 2.06 bits per heavy atom. The predicted molar refractivity (Wildman–Crippen MR) is 136 cm³/mol. The number of benzene rings is 4. The van der Waals surface area contributed by atoms with Gasteiger partial charge in [0.1, 0.15) is 11.5 Å². The lowest BCUT2D eigenvalue weighted by atomic mass is 10.1. The molecule has 0 radical (unpaired) electrons. The molecule has 2 nitrogen and oxygen atoms in total. The molecule has 4 heteroatoms. The van der Waals surface area contributed by atoms with Crippen LogP contribution in [0.15, 0.2) is 117 Å². The molecule has 0 aromatic heterocycles. The Bertz CT molecular complexity index is 1210. The minimum atomic E-state index is -0.00677. The van der Waals surface area contributed by atoms with Crippen LogP contribution in [0, 0.1) is 6.92 Å². The molecule has 32 heavy (non-hydrogen) atoms. The fraction of sp³-hybridized carbons (Fsp3) is 0.0357. The highest BCUT2D eigenvalue weighted by atomic mass is 79.9. The molecule has 0 fully saturated rings. The van der Waals surface area contributed by atoms with Gasteiger partial charge in [0, 0.05) is 14.9 Å². The fourth-order valence-corrected chi connectivity index (χ4v) is 4.22. The molecule has 0 aliphatic rings. The van der Waals surface area contributed by atoms with Crippen molar-refractivity contribution in [2.24, 2.45) is 0 Å². The second-order valence-electron chi connectivity index (χ2n) is 7.24. The van der Waals surface area contributed by atoms with Crippen molar-refractivity contribution in [3.8, 4) is 11.5 Å². The number of allylic oxidation sites excluding steroid dienone is 1. The molecule has 0 aliphatic heterocycles. The number of hydrogen-bond acceptors (Lipinski definition) is 3.